The molecule has 2 rings (SSSR count). The van der Waals surface area contributed by atoms with Crippen molar-refractivity contribution < 1.29 is 4.79 Å². The molecule has 0 atom stereocenters. The molecule has 6 heteroatoms. The molecule has 0 saturated carbocycles. The van der Waals surface area contributed by atoms with E-state index in [0.29, 0.717) is 10.7 Å². The van der Waals surface area contributed by atoms with Crippen molar-refractivity contribution in [3.63, 3.8) is 0 Å². The highest BCUT2D eigenvalue weighted by Gasteiger charge is 2.10. The number of hydrogen-bond donors (Lipinski definition) is 0. The molecule has 0 radical (unpaired) electrons. The number of ketones is 1. The van der Waals surface area contributed by atoms with Gasteiger partial charge < -0.3 is 4.90 Å². The van der Waals surface area contributed by atoms with Crippen LogP contribution in [-0.4, -0.2) is 34.6 Å². The number of carbonyl (C=O) groups is 1. The molecule has 0 spiro atoms. The number of aromatic nitrogens is 2. The Morgan fingerprint density at radius 3 is 2.76 bits per heavy atom. The van der Waals surface area contributed by atoms with Crippen LogP contribution in [0.1, 0.15) is 10.5 Å². The minimum atomic E-state index is -0.440. The summed E-state index contributed by atoms with van der Waals surface area (Å²) in [6.07, 6.45) is 4.38. The van der Waals surface area contributed by atoms with Crippen molar-refractivity contribution in [1.29, 1.82) is 0 Å². The summed E-state index contributed by atoms with van der Waals surface area (Å²) in [7, 11) is 3.57. The maximum Gasteiger partial charge on any atom is 0.211 e. The Kier molecular flexibility index (Phi) is 4.55. The van der Waals surface area contributed by atoms with Gasteiger partial charge in [-0.1, -0.05) is 17.7 Å². The molecule has 1 aromatic carbocycles. The molecular weight excluding hydrogens is 290 g/mol. The molecule has 0 amide bonds. The topological polar surface area (TPSA) is 55.2 Å². The summed E-state index contributed by atoms with van der Waals surface area (Å²) in [6, 6.07) is 8.30. The number of carbonyl (C=O) groups excluding carboxylic acids is 1. The summed E-state index contributed by atoms with van der Waals surface area (Å²) in [5.74, 6) is -0.440. The van der Waals surface area contributed by atoms with E-state index in [9.17, 15) is 9.59 Å². The first-order valence-corrected chi connectivity index (χ1v) is 6.60. The second-order valence-corrected chi connectivity index (χ2v) is 5.03. The van der Waals surface area contributed by atoms with E-state index < -0.39 is 11.2 Å². The van der Waals surface area contributed by atoms with Gasteiger partial charge >= 0.3 is 0 Å². The fourth-order valence-electron chi connectivity index (χ4n) is 1.64. The molecule has 5 nitrogen and oxygen atoms in total. The van der Waals surface area contributed by atoms with Gasteiger partial charge in [0.15, 0.2) is 5.69 Å². The van der Waals surface area contributed by atoms with E-state index in [1.165, 1.54) is 23.0 Å². The van der Waals surface area contributed by atoms with Crippen LogP contribution in [0.15, 0.2) is 53.6 Å². The molecule has 1 aromatic heterocycles. The van der Waals surface area contributed by atoms with Crippen LogP contribution < -0.4 is 5.43 Å². The third kappa shape index (κ3) is 3.79. The lowest BCUT2D eigenvalue weighted by Gasteiger charge is -2.07. The van der Waals surface area contributed by atoms with Gasteiger partial charge in [-0.25, -0.2) is 4.68 Å². The molecular formula is C15H14ClN3O2. The first-order valence-electron chi connectivity index (χ1n) is 6.22. The normalized spacial score (nSPS) is 10.8. The number of hydrogen-bond acceptors (Lipinski definition) is 4. The van der Waals surface area contributed by atoms with Gasteiger partial charge in [-0.3, -0.25) is 9.59 Å². The number of allylic oxidation sites excluding steroid dienone is 1. The maximum absolute atomic E-state index is 12.0. The minimum absolute atomic E-state index is 0.129. The number of halogens is 1. The van der Waals surface area contributed by atoms with Crippen molar-refractivity contribution in [2.24, 2.45) is 0 Å². The zero-order chi connectivity index (χ0) is 15.4. The SMILES string of the molecule is CN(C)/C=C/C(=O)c1nn(-c2cccc(Cl)c2)ccc1=O. The molecule has 0 aliphatic rings. The zero-order valence-electron chi connectivity index (χ0n) is 11.7. The quantitative estimate of drug-likeness (QED) is 0.641. The van der Waals surface area contributed by atoms with Crippen LogP contribution in [0.25, 0.3) is 5.69 Å². The van der Waals surface area contributed by atoms with Gasteiger partial charge in [0, 0.05) is 43.7 Å². The van der Waals surface area contributed by atoms with Crippen LogP contribution in [-0.2, 0) is 0 Å². The second kappa shape index (κ2) is 6.37. The lowest BCUT2D eigenvalue weighted by molar-refractivity contribution is 0.103. The molecule has 0 aliphatic carbocycles. The van der Waals surface area contributed by atoms with Crippen molar-refractivity contribution in [2.75, 3.05) is 14.1 Å². The summed E-state index contributed by atoms with van der Waals surface area (Å²) >= 11 is 5.93. The van der Waals surface area contributed by atoms with E-state index >= 15 is 0 Å². The molecule has 0 unspecified atom stereocenters. The summed E-state index contributed by atoms with van der Waals surface area (Å²) in [4.78, 5) is 25.5. The Labute approximate surface area is 127 Å². The van der Waals surface area contributed by atoms with Crippen LogP contribution in [0, 0.1) is 0 Å². The van der Waals surface area contributed by atoms with E-state index in [2.05, 4.69) is 5.10 Å². The van der Waals surface area contributed by atoms with Crippen LogP contribution in [0.3, 0.4) is 0 Å². The van der Waals surface area contributed by atoms with Gasteiger partial charge in [-0.15, -0.1) is 0 Å². The van der Waals surface area contributed by atoms with Crippen molar-refractivity contribution in [1.82, 2.24) is 14.7 Å². The Morgan fingerprint density at radius 1 is 1.33 bits per heavy atom. The van der Waals surface area contributed by atoms with Gasteiger partial charge in [-0.05, 0) is 18.2 Å². The van der Waals surface area contributed by atoms with Gasteiger partial charge in [0.05, 0.1) is 5.69 Å². The van der Waals surface area contributed by atoms with Gasteiger partial charge in [0.1, 0.15) is 0 Å². The Balaban J connectivity index is 2.42. The van der Waals surface area contributed by atoms with E-state index in [4.69, 9.17) is 11.6 Å². The van der Waals surface area contributed by atoms with E-state index in [1.807, 2.05) is 0 Å². The maximum atomic E-state index is 12.0. The van der Waals surface area contributed by atoms with Gasteiger partial charge in [-0.2, -0.15) is 5.10 Å². The highest BCUT2D eigenvalue weighted by atomic mass is 35.5. The number of nitrogens with zero attached hydrogens (tertiary/aromatic N) is 3. The van der Waals surface area contributed by atoms with Crippen LogP contribution in [0.2, 0.25) is 5.02 Å². The summed E-state index contributed by atoms with van der Waals surface area (Å²) in [5, 5.41) is 4.64. The number of rotatable bonds is 4. The molecule has 2 aromatic rings. The van der Waals surface area contributed by atoms with Crippen LogP contribution in [0.5, 0.6) is 0 Å². The fraction of sp³-hybridized carbons (Fsp3) is 0.133. The highest BCUT2D eigenvalue weighted by Crippen LogP contribution is 2.13. The highest BCUT2D eigenvalue weighted by molar-refractivity contribution is 6.30. The molecule has 0 N–H and O–H groups in total. The predicted molar refractivity (Wildman–Crippen MR) is 82.0 cm³/mol. The van der Waals surface area contributed by atoms with Crippen molar-refractivity contribution in [3.05, 3.63) is 69.7 Å². The van der Waals surface area contributed by atoms with Crippen LogP contribution >= 0.6 is 11.6 Å². The lowest BCUT2D eigenvalue weighted by atomic mass is 10.2. The molecule has 0 bridgehead atoms. The third-order valence-corrected chi connectivity index (χ3v) is 2.87. The van der Waals surface area contributed by atoms with E-state index in [0.717, 1.165) is 0 Å². The standard InChI is InChI=1S/C15H14ClN3O2/c1-18(2)8-6-13(20)15-14(21)7-9-19(17-15)12-5-3-4-11(16)10-12/h3-10H,1-2H3/b8-6+. The van der Waals surface area contributed by atoms with Crippen molar-refractivity contribution in [3.8, 4) is 5.69 Å². The Bertz CT molecular complexity index is 751. The first kappa shape index (κ1) is 15.0. The molecule has 0 saturated heterocycles. The minimum Gasteiger partial charge on any atom is -0.383 e. The zero-order valence-corrected chi connectivity index (χ0v) is 12.4. The lowest BCUT2D eigenvalue weighted by Crippen LogP contribution is -2.20. The molecule has 1 heterocycles. The number of benzene rings is 1. The molecule has 0 aliphatic heterocycles. The first-order chi connectivity index (χ1) is 9.97. The molecule has 21 heavy (non-hydrogen) atoms. The molecule has 0 fully saturated rings. The second-order valence-electron chi connectivity index (χ2n) is 4.60. The third-order valence-electron chi connectivity index (χ3n) is 2.64. The molecule has 108 valence electrons. The average Bonchev–Trinajstić information content (AvgIpc) is 2.45. The largest absolute Gasteiger partial charge is 0.383 e. The van der Waals surface area contributed by atoms with Crippen molar-refractivity contribution in [2.45, 2.75) is 0 Å². The predicted octanol–water partition coefficient (Wildman–Crippen LogP) is 2.14. The average molecular weight is 304 g/mol. The summed E-state index contributed by atoms with van der Waals surface area (Å²) < 4.78 is 1.45. The monoisotopic (exact) mass is 303 g/mol. The smallest absolute Gasteiger partial charge is 0.211 e. The van der Waals surface area contributed by atoms with Gasteiger partial charge in [0.25, 0.3) is 0 Å². The van der Waals surface area contributed by atoms with Crippen LogP contribution in [0.4, 0.5) is 0 Å². The Hall–Kier alpha value is -2.40. The summed E-state index contributed by atoms with van der Waals surface area (Å²) in [5.41, 5.74) is 0.130. The van der Waals surface area contributed by atoms with E-state index in [-0.39, 0.29) is 5.69 Å². The van der Waals surface area contributed by atoms with Crippen molar-refractivity contribution >= 4 is 17.4 Å². The fourth-order valence-corrected chi connectivity index (χ4v) is 1.82. The van der Waals surface area contributed by atoms with E-state index in [1.54, 1.807) is 49.5 Å². The Morgan fingerprint density at radius 2 is 2.10 bits per heavy atom. The van der Waals surface area contributed by atoms with Gasteiger partial charge in [0.2, 0.25) is 11.2 Å². The summed E-state index contributed by atoms with van der Waals surface area (Å²) in [6.45, 7) is 0.